The van der Waals surface area contributed by atoms with Crippen LogP contribution in [0.25, 0.3) is 0 Å². The van der Waals surface area contributed by atoms with Crippen molar-refractivity contribution in [2.24, 2.45) is 5.92 Å². The molecule has 44 valence electrons. The van der Waals surface area contributed by atoms with E-state index in [0.717, 1.165) is 0 Å². The van der Waals surface area contributed by atoms with Crippen molar-refractivity contribution in [1.29, 1.82) is 0 Å². The van der Waals surface area contributed by atoms with Gasteiger partial charge in [-0.2, -0.15) is 0 Å². The average molecular weight is 144 g/mol. The Morgan fingerprint density at radius 3 is 2.62 bits per heavy atom. The van der Waals surface area contributed by atoms with E-state index < -0.39 is 0 Å². The molecule has 0 spiro atoms. The number of thiocarbonyl (C=S) groups is 1. The summed E-state index contributed by atoms with van der Waals surface area (Å²) in [6.45, 7) is 1.97. The highest BCUT2D eigenvalue weighted by atomic mass is 32.1. The lowest BCUT2D eigenvalue weighted by Gasteiger charge is -2.00. The van der Waals surface area contributed by atoms with E-state index in [1.165, 1.54) is 0 Å². The number of hydrogen-bond acceptors (Lipinski definition) is 1. The average Bonchev–Trinajstić information content (AvgIpc) is 1.67. The monoisotopic (exact) mass is 144 g/mol. The lowest BCUT2D eigenvalue weighted by molar-refractivity contribution is 0.832. The largest absolute Gasteiger partial charge is 0.136 e. The Bertz CT molecular complexity index is 121. The molecule has 0 rings (SSSR count). The fraction of sp³-hybridized carbons (Fsp3) is 0.500. The van der Waals surface area contributed by atoms with Gasteiger partial charge in [0.2, 0.25) is 0 Å². The van der Waals surface area contributed by atoms with E-state index in [4.69, 9.17) is 18.6 Å². The standard InChI is InChI=1S/C6H8S2/c1-3-4-5(2)6(7)8/h1,5H,4H2,2H3,(H,7,8). The van der Waals surface area contributed by atoms with Gasteiger partial charge in [-0.3, -0.25) is 0 Å². The molecule has 1 atom stereocenters. The third-order valence-corrected chi connectivity index (χ3v) is 1.69. The summed E-state index contributed by atoms with van der Waals surface area (Å²) in [4.78, 5) is 0. The minimum atomic E-state index is 0.276. The zero-order chi connectivity index (χ0) is 6.57. The molecule has 0 radical (unpaired) electrons. The Balaban J connectivity index is 3.52. The summed E-state index contributed by atoms with van der Waals surface area (Å²) in [6.07, 6.45) is 5.72. The molecule has 0 nitrogen and oxygen atoms in total. The summed E-state index contributed by atoms with van der Waals surface area (Å²) >= 11 is 8.72. The molecule has 0 saturated carbocycles. The lowest BCUT2D eigenvalue weighted by Crippen LogP contribution is -1.98. The van der Waals surface area contributed by atoms with E-state index in [9.17, 15) is 0 Å². The Hall–Kier alpha value is -0.000000000000000111. The minimum Gasteiger partial charge on any atom is -0.136 e. The van der Waals surface area contributed by atoms with Crippen molar-refractivity contribution < 1.29 is 0 Å². The second-order valence-corrected chi connectivity index (χ2v) is 2.87. The van der Waals surface area contributed by atoms with Crippen LogP contribution in [0, 0.1) is 18.3 Å². The van der Waals surface area contributed by atoms with Gasteiger partial charge in [0, 0.05) is 16.5 Å². The zero-order valence-corrected chi connectivity index (χ0v) is 6.43. The minimum absolute atomic E-state index is 0.276. The summed E-state index contributed by atoms with van der Waals surface area (Å²) < 4.78 is 0.697. The molecule has 0 aromatic rings. The molecule has 0 fully saturated rings. The Morgan fingerprint density at radius 2 is 2.50 bits per heavy atom. The molecule has 0 aromatic carbocycles. The van der Waals surface area contributed by atoms with Crippen LogP contribution in [0.2, 0.25) is 0 Å². The van der Waals surface area contributed by atoms with Gasteiger partial charge >= 0.3 is 0 Å². The molecule has 0 aliphatic carbocycles. The maximum atomic E-state index is 5.02. The van der Waals surface area contributed by atoms with Crippen LogP contribution in [0.3, 0.4) is 0 Å². The van der Waals surface area contributed by atoms with Gasteiger partial charge in [0.05, 0.1) is 0 Å². The first-order chi connectivity index (χ1) is 3.68. The Morgan fingerprint density at radius 1 is 2.00 bits per heavy atom. The van der Waals surface area contributed by atoms with Gasteiger partial charge in [0.15, 0.2) is 0 Å². The quantitative estimate of drug-likeness (QED) is 0.351. The van der Waals surface area contributed by atoms with E-state index in [-0.39, 0.29) is 5.92 Å². The maximum Gasteiger partial charge on any atom is 0.0485 e. The van der Waals surface area contributed by atoms with Crippen LogP contribution < -0.4 is 0 Å². The molecular formula is C6H8S2. The first-order valence-corrected chi connectivity index (χ1v) is 3.20. The zero-order valence-electron chi connectivity index (χ0n) is 4.72. The van der Waals surface area contributed by atoms with E-state index >= 15 is 0 Å². The fourth-order valence-corrected chi connectivity index (χ4v) is 0.439. The van der Waals surface area contributed by atoms with E-state index in [1.54, 1.807) is 0 Å². The number of rotatable bonds is 2. The summed E-state index contributed by atoms with van der Waals surface area (Å²) in [5, 5.41) is 0. The van der Waals surface area contributed by atoms with Gasteiger partial charge < -0.3 is 0 Å². The third-order valence-electron chi connectivity index (χ3n) is 0.846. The first-order valence-electron chi connectivity index (χ1n) is 2.34. The molecular weight excluding hydrogens is 136 g/mol. The van der Waals surface area contributed by atoms with Gasteiger partial charge in [-0.1, -0.05) is 19.1 Å². The molecule has 0 aliphatic heterocycles. The molecule has 2 heteroatoms. The van der Waals surface area contributed by atoms with Crippen molar-refractivity contribution in [3.05, 3.63) is 0 Å². The topological polar surface area (TPSA) is 0 Å². The normalized spacial score (nSPS) is 12.1. The number of thiol groups is 1. The van der Waals surface area contributed by atoms with Crippen LogP contribution in [0.5, 0.6) is 0 Å². The lowest BCUT2D eigenvalue weighted by atomic mass is 10.1. The second-order valence-electron chi connectivity index (χ2n) is 1.65. The van der Waals surface area contributed by atoms with Gasteiger partial charge in [-0.05, 0) is 0 Å². The number of terminal acetylenes is 1. The van der Waals surface area contributed by atoms with Crippen molar-refractivity contribution in [2.75, 3.05) is 0 Å². The predicted molar refractivity (Wildman–Crippen MR) is 44.2 cm³/mol. The third kappa shape index (κ3) is 3.06. The SMILES string of the molecule is C#CCC(C)C(=S)S. The first kappa shape index (κ1) is 8.00. The highest BCUT2D eigenvalue weighted by Crippen LogP contribution is 2.05. The molecule has 0 N–H and O–H groups in total. The predicted octanol–water partition coefficient (Wildman–Crippen LogP) is 1.90. The highest BCUT2D eigenvalue weighted by molar-refractivity contribution is 8.11. The van der Waals surface area contributed by atoms with Crippen molar-refractivity contribution in [3.8, 4) is 12.3 Å². The summed E-state index contributed by atoms with van der Waals surface area (Å²) in [6, 6.07) is 0. The van der Waals surface area contributed by atoms with Crippen molar-refractivity contribution >= 4 is 29.0 Å². The molecule has 0 aliphatic rings. The van der Waals surface area contributed by atoms with Crippen LogP contribution in [0.1, 0.15) is 13.3 Å². The van der Waals surface area contributed by atoms with Crippen LogP contribution in [0.15, 0.2) is 0 Å². The second kappa shape index (κ2) is 3.94. The van der Waals surface area contributed by atoms with Gasteiger partial charge in [-0.15, -0.1) is 25.0 Å². The number of hydrogen-bond donors (Lipinski definition) is 1. The summed E-state index contributed by atoms with van der Waals surface area (Å²) in [5.74, 6) is 2.79. The molecule has 1 unspecified atom stereocenters. The molecule has 0 bridgehead atoms. The summed E-state index contributed by atoms with van der Waals surface area (Å²) in [7, 11) is 0. The van der Waals surface area contributed by atoms with Gasteiger partial charge in [0.25, 0.3) is 0 Å². The molecule has 0 saturated heterocycles. The fourth-order valence-electron chi connectivity index (χ4n) is 0.264. The van der Waals surface area contributed by atoms with E-state index in [0.29, 0.717) is 10.6 Å². The smallest absolute Gasteiger partial charge is 0.0485 e. The van der Waals surface area contributed by atoms with Gasteiger partial charge in [-0.25, -0.2) is 0 Å². The molecule has 0 aromatic heterocycles. The van der Waals surface area contributed by atoms with Gasteiger partial charge in [0.1, 0.15) is 0 Å². The molecule has 8 heavy (non-hydrogen) atoms. The van der Waals surface area contributed by atoms with Crippen molar-refractivity contribution in [2.45, 2.75) is 13.3 Å². The van der Waals surface area contributed by atoms with E-state index in [2.05, 4.69) is 18.5 Å². The van der Waals surface area contributed by atoms with Crippen molar-refractivity contribution in [1.82, 2.24) is 0 Å². The highest BCUT2D eigenvalue weighted by Gasteiger charge is 2.00. The van der Waals surface area contributed by atoms with Crippen molar-refractivity contribution in [3.63, 3.8) is 0 Å². The van der Waals surface area contributed by atoms with Crippen LogP contribution >= 0.6 is 24.8 Å². The Kier molecular flexibility index (Phi) is 3.94. The van der Waals surface area contributed by atoms with Crippen LogP contribution in [0.4, 0.5) is 0 Å². The van der Waals surface area contributed by atoms with E-state index in [1.807, 2.05) is 6.92 Å². The summed E-state index contributed by atoms with van der Waals surface area (Å²) in [5.41, 5.74) is 0. The van der Waals surface area contributed by atoms with Crippen LogP contribution in [-0.2, 0) is 0 Å². The van der Waals surface area contributed by atoms with Crippen LogP contribution in [-0.4, -0.2) is 4.20 Å². The Labute approximate surface area is 61.1 Å². The molecule has 0 heterocycles. The maximum absolute atomic E-state index is 5.02. The molecule has 0 amide bonds.